The Hall–Kier alpha value is -5.32. The lowest BCUT2D eigenvalue weighted by molar-refractivity contribution is -0.192. The molecule has 0 saturated heterocycles. The molecular weight excluding hydrogens is 571 g/mol. The van der Waals surface area contributed by atoms with Crippen LogP contribution >= 0.6 is 0 Å². The van der Waals surface area contributed by atoms with E-state index in [1.54, 1.807) is 19.9 Å². The molecule has 0 saturated carbocycles. The van der Waals surface area contributed by atoms with Gasteiger partial charge >= 0.3 is 18.2 Å². The number of nitrogens with zero attached hydrogens (tertiary/aromatic N) is 2. The van der Waals surface area contributed by atoms with Crippen LogP contribution in [0.4, 0.5) is 18.0 Å². The summed E-state index contributed by atoms with van der Waals surface area (Å²) in [7, 11) is 0. The average Bonchev–Trinajstić information content (AvgIpc) is 2.98. The fourth-order valence-corrected chi connectivity index (χ4v) is 3.89. The highest BCUT2D eigenvalue weighted by Crippen LogP contribution is 2.25. The third-order valence-corrected chi connectivity index (χ3v) is 6.19. The standard InChI is InChI=1S/C27H29N5O4.C2HF3O2/c1-3-36-27(34)31-24(14-20-12-13-23(32-35)25(29)17(20)2)26(33)30-16-18-8-10-19(11-9-18)22-7-5-4-6-21(22)15-28;3-2(4,5)1(6)7/h4-12,24,35H,3,13-14,16,29H2,1-2H3,(H,30,33)(H,31,34);(H,6,7)/t24-;/m0./s1. The molecule has 11 nitrogen and oxygen atoms in total. The van der Waals surface area contributed by atoms with Crippen molar-refractivity contribution in [3.8, 4) is 17.2 Å². The van der Waals surface area contributed by atoms with E-state index in [0.717, 1.165) is 22.3 Å². The molecule has 1 atom stereocenters. The number of alkyl carbamates (subject to hydrolysis) is 1. The number of allylic oxidation sites excluding steroid dienone is 3. The van der Waals surface area contributed by atoms with Crippen LogP contribution in [0.5, 0.6) is 0 Å². The second-order valence-electron chi connectivity index (χ2n) is 9.02. The lowest BCUT2D eigenvalue weighted by atomic mass is 9.90. The first-order valence-electron chi connectivity index (χ1n) is 12.8. The number of carboxylic acids is 1. The molecule has 0 bridgehead atoms. The van der Waals surface area contributed by atoms with E-state index < -0.39 is 24.3 Å². The van der Waals surface area contributed by atoms with Gasteiger partial charge in [0.25, 0.3) is 0 Å². The molecule has 14 heteroatoms. The van der Waals surface area contributed by atoms with E-state index in [1.807, 2.05) is 48.5 Å². The summed E-state index contributed by atoms with van der Waals surface area (Å²) in [6, 6.07) is 16.2. The minimum atomic E-state index is -5.08. The van der Waals surface area contributed by atoms with Gasteiger partial charge in [-0.05, 0) is 47.8 Å². The van der Waals surface area contributed by atoms with Gasteiger partial charge in [-0.3, -0.25) is 4.79 Å². The number of carboxylic acid groups (broad SMARTS) is 1. The van der Waals surface area contributed by atoms with Gasteiger partial charge in [0.15, 0.2) is 0 Å². The molecule has 2 amide bonds. The zero-order chi connectivity index (χ0) is 32.2. The Kier molecular flexibility index (Phi) is 12.3. The lowest BCUT2D eigenvalue weighted by Crippen LogP contribution is -2.47. The largest absolute Gasteiger partial charge is 0.490 e. The van der Waals surface area contributed by atoms with Crippen LogP contribution in [-0.4, -0.2) is 52.8 Å². The van der Waals surface area contributed by atoms with Crippen LogP contribution in [0.25, 0.3) is 11.1 Å². The Labute approximate surface area is 245 Å². The number of rotatable bonds is 8. The molecule has 0 spiro atoms. The number of benzene rings is 2. The van der Waals surface area contributed by atoms with Crippen LogP contribution in [0.2, 0.25) is 0 Å². The van der Waals surface area contributed by atoms with Crippen molar-refractivity contribution in [2.24, 2.45) is 10.9 Å². The van der Waals surface area contributed by atoms with Gasteiger partial charge in [0.2, 0.25) is 5.91 Å². The van der Waals surface area contributed by atoms with Gasteiger partial charge in [0.1, 0.15) is 11.8 Å². The van der Waals surface area contributed by atoms with Gasteiger partial charge < -0.3 is 31.4 Å². The molecule has 1 aliphatic carbocycles. The van der Waals surface area contributed by atoms with Crippen molar-refractivity contribution in [1.29, 1.82) is 5.26 Å². The smallest absolute Gasteiger partial charge is 0.475 e. The molecule has 1 aliphatic rings. The molecule has 0 radical (unpaired) electrons. The minimum absolute atomic E-state index is 0.173. The van der Waals surface area contributed by atoms with Gasteiger partial charge in [0.05, 0.1) is 23.9 Å². The van der Waals surface area contributed by atoms with E-state index in [-0.39, 0.29) is 25.5 Å². The van der Waals surface area contributed by atoms with Crippen molar-refractivity contribution in [3.05, 3.63) is 82.6 Å². The fraction of sp³-hybridized carbons (Fsp3) is 0.276. The predicted octanol–water partition coefficient (Wildman–Crippen LogP) is 4.37. The van der Waals surface area contributed by atoms with Crippen LogP contribution in [0.1, 0.15) is 37.8 Å². The number of alkyl halides is 3. The van der Waals surface area contributed by atoms with Gasteiger partial charge in [-0.2, -0.15) is 18.4 Å². The van der Waals surface area contributed by atoms with E-state index in [2.05, 4.69) is 21.9 Å². The predicted molar refractivity (Wildman–Crippen MR) is 150 cm³/mol. The number of halogens is 3. The molecule has 43 heavy (non-hydrogen) atoms. The maximum atomic E-state index is 13.1. The molecule has 6 N–H and O–H groups in total. The van der Waals surface area contributed by atoms with E-state index >= 15 is 0 Å². The number of amides is 2. The van der Waals surface area contributed by atoms with Crippen LogP contribution in [0.15, 0.2) is 76.6 Å². The summed E-state index contributed by atoms with van der Waals surface area (Å²) in [5.74, 6) is -3.14. The number of oxime groups is 1. The van der Waals surface area contributed by atoms with E-state index in [4.69, 9.17) is 25.6 Å². The molecule has 0 heterocycles. The Morgan fingerprint density at radius 2 is 1.79 bits per heavy atom. The van der Waals surface area contributed by atoms with Gasteiger partial charge in [-0.15, -0.1) is 0 Å². The number of hydrogen-bond donors (Lipinski definition) is 5. The number of carbonyl (C=O) groups is 3. The Morgan fingerprint density at radius 3 is 2.35 bits per heavy atom. The Morgan fingerprint density at radius 1 is 1.16 bits per heavy atom. The minimum Gasteiger partial charge on any atom is -0.475 e. The topological polar surface area (TPSA) is 187 Å². The number of carbonyl (C=O) groups excluding carboxylic acids is 2. The van der Waals surface area contributed by atoms with Crippen molar-refractivity contribution in [2.45, 2.75) is 45.5 Å². The maximum absolute atomic E-state index is 13.1. The highest BCUT2D eigenvalue weighted by atomic mass is 19.4. The molecule has 0 aromatic heterocycles. The zero-order valence-corrected chi connectivity index (χ0v) is 23.2. The maximum Gasteiger partial charge on any atom is 0.490 e. The number of hydrogen-bond acceptors (Lipinski definition) is 8. The Bertz CT molecular complexity index is 1460. The molecule has 228 valence electrons. The number of ether oxygens (including phenoxy) is 1. The second-order valence-corrected chi connectivity index (χ2v) is 9.02. The number of nitrogens with one attached hydrogen (secondary N) is 2. The summed E-state index contributed by atoms with van der Waals surface area (Å²) >= 11 is 0. The van der Waals surface area contributed by atoms with E-state index in [9.17, 15) is 28.0 Å². The second kappa shape index (κ2) is 15.6. The van der Waals surface area contributed by atoms with Gasteiger partial charge in [-0.25, -0.2) is 9.59 Å². The zero-order valence-electron chi connectivity index (χ0n) is 23.2. The molecular formula is C29H30F3N5O6. The number of nitrogens with two attached hydrogens (primary N) is 1. The van der Waals surface area contributed by atoms with Gasteiger partial charge in [-0.1, -0.05) is 53.7 Å². The molecule has 0 aliphatic heterocycles. The normalized spacial score (nSPS) is 14.4. The van der Waals surface area contributed by atoms with E-state index in [1.165, 1.54) is 0 Å². The molecule has 3 rings (SSSR count). The van der Waals surface area contributed by atoms with Crippen LogP contribution in [0, 0.1) is 11.3 Å². The quantitative estimate of drug-likeness (QED) is 0.218. The summed E-state index contributed by atoms with van der Waals surface area (Å²) < 4.78 is 36.7. The molecule has 2 aromatic carbocycles. The fourth-order valence-electron chi connectivity index (χ4n) is 3.89. The van der Waals surface area contributed by atoms with Crippen molar-refractivity contribution in [1.82, 2.24) is 10.6 Å². The monoisotopic (exact) mass is 601 g/mol. The Balaban J connectivity index is 0.000000821. The third-order valence-electron chi connectivity index (χ3n) is 6.19. The first kappa shape index (κ1) is 33.9. The first-order chi connectivity index (χ1) is 20.3. The highest BCUT2D eigenvalue weighted by molar-refractivity contribution is 6.02. The molecule has 0 unspecified atom stereocenters. The van der Waals surface area contributed by atoms with Crippen LogP contribution in [0.3, 0.4) is 0 Å². The SMILES string of the molecule is CCOC(=O)N[C@@H](CC1=CCC(=NO)C(N)=C1C)C(=O)NCc1ccc(-c2ccccc2C#N)cc1.O=C(O)C(F)(F)F. The van der Waals surface area contributed by atoms with Crippen LogP contribution in [-0.2, 0) is 20.9 Å². The van der Waals surface area contributed by atoms with Gasteiger partial charge in [0, 0.05) is 19.4 Å². The average molecular weight is 602 g/mol. The summed E-state index contributed by atoms with van der Waals surface area (Å²) in [6.07, 6.45) is -3.43. The summed E-state index contributed by atoms with van der Waals surface area (Å²) in [5.41, 5.74) is 11.4. The third kappa shape index (κ3) is 9.92. The summed E-state index contributed by atoms with van der Waals surface area (Å²) in [5, 5.41) is 34.2. The summed E-state index contributed by atoms with van der Waals surface area (Å²) in [4.78, 5) is 34.0. The highest BCUT2D eigenvalue weighted by Gasteiger charge is 2.38. The van der Waals surface area contributed by atoms with Crippen molar-refractivity contribution in [2.75, 3.05) is 6.61 Å². The number of nitriles is 1. The molecule has 2 aromatic rings. The first-order valence-corrected chi connectivity index (χ1v) is 12.8. The van der Waals surface area contributed by atoms with Crippen molar-refractivity contribution >= 4 is 23.7 Å². The van der Waals surface area contributed by atoms with Crippen molar-refractivity contribution < 1.29 is 42.6 Å². The van der Waals surface area contributed by atoms with E-state index in [0.29, 0.717) is 29.0 Å². The molecule has 0 fully saturated rings. The van der Waals surface area contributed by atoms with Crippen molar-refractivity contribution in [3.63, 3.8) is 0 Å². The number of aliphatic carboxylic acids is 1. The lowest BCUT2D eigenvalue weighted by Gasteiger charge is -2.23. The summed E-state index contributed by atoms with van der Waals surface area (Å²) in [6.45, 7) is 3.88. The van der Waals surface area contributed by atoms with Crippen LogP contribution < -0.4 is 16.4 Å².